The SMILES string of the molecule is CC(=O)N1c2ccccc2C[C@H]1C(=O)N[C@@H](CCCC(=O)O)C(=O)N[C@H](C(=O)N1CCc2cc(C)ccc2[C@H]1C(=O)N[C@H](C=O)CC(=O)O)[C@H](C)OCc1ccccc1. The molecule has 5 rings (SSSR count). The van der Waals surface area contributed by atoms with Crippen LogP contribution in [0.4, 0.5) is 5.69 Å². The second-order valence-corrected chi connectivity index (χ2v) is 14.8. The number of nitrogens with one attached hydrogen (secondary N) is 3. The van der Waals surface area contributed by atoms with E-state index in [4.69, 9.17) is 4.74 Å². The zero-order chi connectivity index (χ0) is 42.8. The van der Waals surface area contributed by atoms with E-state index >= 15 is 0 Å². The number of aliphatic carboxylic acids is 2. The third-order valence-corrected chi connectivity index (χ3v) is 10.5. The molecule has 0 fully saturated rings. The number of aldehydes is 1. The molecule has 3 aromatic carbocycles. The van der Waals surface area contributed by atoms with Crippen LogP contribution in [0.5, 0.6) is 0 Å². The second-order valence-electron chi connectivity index (χ2n) is 14.8. The van der Waals surface area contributed by atoms with Crippen LogP contribution in [-0.2, 0) is 62.5 Å². The number of anilines is 1. The number of hydrogen-bond acceptors (Lipinski definition) is 9. The monoisotopic (exact) mass is 811 g/mol. The molecule has 2 heterocycles. The molecule has 59 heavy (non-hydrogen) atoms. The minimum absolute atomic E-state index is 0.00225. The fourth-order valence-corrected chi connectivity index (χ4v) is 7.55. The van der Waals surface area contributed by atoms with Crippen LogP contribution in [-0.4, -0.2) is 99.7 Å². The molecule has 3 aromatic rings. The Kier molecular flexibility index (Phi) is 14.7. The van der Waals surface area contributed by atoms with Crippen LogP contribution in [0, 0.1) is 6.92 Å². The zero-order valence-electron chi connectivity index (χ0n) is 33.1. The summed E-state index contributed by atoms with van der Waals surface area (Å²) in [5.74, 6) is -5.88. The summed E-state index contributed by atoms with van der Waals surface area (Å²) in [4.78, 5) is 107. The number of fused-ring (bicyclic) bond motifs is 2. The standard InChI is InChI=1S/C43H49N5O11/c1-25-16-17-32-29(20-25)18-19-47(39(32)42(57)44-31(23-49)22-37(53)54)43(58)38(26(2)59-24-28-10-5-4-6-11-28)46-40(55)33(13-9-15-36(51)52)45-41(56)35-21-30-12-7-8-14-34(30)48(35)27(3)50/h4-8,10-12,14,16-17,20,23,26,31,33,35,38-39H,9,13,15,18-19,21-22,24H2,1-3H3,(H,44,57)(H,45,56)(H,46,55)(H,51,52)(H,53,54)/t26-,31-,33-,35-,38-,39-/m0/s1. The first-order chi connectivity index (χ1) is 28.2. The van der Waals surface area contributed by atoms with Gasteiger partial charge in [0.05, 0.1) is 25.2 Å². The lowest BCUT2D eigenvalue weighted by Crippen LogP contribution is -2.61. The van der Waals surface area contributed by atoms with Crippen molar-refractivity contribution in [2.24, 2.45) is 0 Å². The Balaban J connectivity index is 1.47. The summed E-state index contributed by atoms with van der Waals surface area (Å²) < 4.78 is 6.16. The Labute approximate surface area is 341 Å². The molecule has 0 bridgehead atoms. The zero-order valence-corrected chi connectivity index (χ0v) is 33.1. The molecule has 2 aliphatic heterocycles. The fraction of sp³-hybridized carbons (Fsp3) is 0.395. The summed E-state index contributed by atoms with van der Waals surface area (Å²) in [7, 11) is 0. The Hall–Kier alpha value is -6.42. The van der Waals surface area contributed by atoms with E-state index in [0.29, 0.717) is 24.0 Å². The van der Waals surface area contributed by atoms with Crippen LogP contribution in [0.3, 0.4) is 0 Å². The third-order valence-electron chi connectivity index (χ3n) is 10.5. The minimum atomic E-state index is -1.47. The normalized spacial score (nSPS) is 17.6. The van der Waals surface area contributed by atoms with E-state index in [0.717, 1.165) is 22.3 Å². The molecule has 6 atom stereocenters. The molecule has 0 aromatic heterocycles. The molecule has 0 spiro atoms. The van der Waals surface area contributed by atoms with Crippen LogP contribution in [0.2, 0.25) is 0 Å². The molecule has 312 valence electrons. The molecule has 0 aliphatic carbocycles. The first kappa shape index (κ1) is 43.7. The Morgan fingerprint density at radius 1 is 0.881 bits per heavy atom. The molecular weight excluding hydrogens is 762 g/mol. The molecule has 16 nitrogen and oxygen atoms in total. The van der Waals surface area contributed by atoms with E-state index in [-0.39, 0.29) is 38.8 Å². The molecule has 0 unspecified atom stereocenters. The van der Waals surface area contributed by atoms with E-state index in [1.807, 2.05) is 31.2 Å². The Morgan fingerprint density at radius 2 is 1.59 bits per heavy atom. The smallest absolute Gasteiger partial charge is 0.305 e. The largest absolute Gasteiger partial charge is 0.481 e. The molecule has 5 N–H and O–H groups in total. The second kappa shape index (κ2) is 19.8. The van der Waals surface area contributed by atoms with Crippen LogP contribution >= 0.6 is 0 Å². The molecule has 0 saturated heterocycles. The molecule has 0 saturated carbocycles. The number of benzene rings is 3. The van der Waals surface area contributed by atoms with Crippen molar-refractivity contribution in [3.05, 3.63) is 101 Å². The van der Waals surface area contributed by atoms with Gasteiger partial charge in [0.2, 0.25) is 29.5 Å². The number of para-hydroxylation sites is 1. The van der Waals surface area contributed by atoms with Crippen LogP contribution in [0.15, 0.2) is 72.8 Å². The van der Waals surface area contributed by atoms with Crippen molar-refractivity contribution >= 4 is 53.4 Å². The van der Waals surface area contributed by atoms with E-state index in [9.17, 15) is 48.6 Å². The Morgan fingerprint density at radius 3 is 2.27 bits per heavy atom. The van der Waals surface area contributed by atoms with Crippen molar-refractivity contribution in [1.82, 2.24) is 20.9 Å². The molecule has 2 aliphatic rings. The predicted octanol–water partition coefficient (Wildman–Crippen LogP) is 2.39. The van der Waals surface area contributed by atoms with Gasteiger partial charge in [-0.25, -0.2) is 0 Å². The highest BCUT2D eigenvalue weighted by atomic mass is 16.5. The number of rotatable bonds is 18. The lowest BCUT2D eigenvalue weighted by Gasteiger charge is -2.40. The highest BCUT2D eigenvalue weighted by molar-refractivity contribution is 6.03. The van der Waals surface area contributed by atoms with Gasteiger partial charge in [-0.15, -0.1) is 0 Å². The number of carbonyl (C=O) groups excluding carboxylic acids is 6. The van der Waals surface area contributed by atoms with Crippen molar-refractivity contribution < 1.29 is 53.3 Å². The number of carbonyl (C=O) groups is 8. The van der Waals surface area contributed by atoms with Gasteiger partial charge in [-0.1, -0.05) is 72.3 Å². The van der Waals surface area contributed by atoms with Gasteiger partial charge in [-0.05, 0) is 61.4 Å². The third kappa shape index (κ3) is 11.0. The number of hydrogen-bond donors (Lipinski definition) is 5. The predicted molar refractivity (Wildman–Crippen MR) is 213 cm³/mol. The average molecular weight is 812 g/mol. The summed E-state index contributed by atoms with van der Waals surface area (Å²) in [6.45, 7) is 4.79. The number of carboxylic acids is 2. The van der Waals surface area contributed by atoms with Gasteiger partial charge >= 0.3 is 11.9 Å². The van der Waals surface area contributed by atoms with Crippen LogP contribution in [0.1, 0.15) is 73.4 Å². The molecule has 16 heteroatoms. The maximum atomic E-state index is 14.9. The van der Waals surface area contributed by atoms with Gasteiger partial charge in [0.25, 0.3) is 0 Å². The van der Waals surface area contributed by atoms with E-state index < -0.39 is 84.2 Å². The summed E-state index contributed by atoms with van der Waals surface area (Å²) >= 11 is 0. The first-order valence-electron chi connectivity index (χ1n) is 19.4. The summed E-state index contributed by atoms with van der Waals surface area (Å²) in [5, 5.41) is 26.6. The maximum Gasteiger partial charge on any atom is 0.305 e. The van der Waals surface area contributed by atoms with E-state index in [1.165, 1.54) is 16.7 Å². The highest BCUT2D eigenvalue weighted by Gasteiger charge is 2.43. The van der Waals surface area contributed by atoms with Gasteiger partial charge in [-0.2, -0.15) is 0 Å². The van der Waals surface area contributed by atoms with Gasteiger partial charge in [-0.3, -0.25) is 38.5 Å². The average Bonchev–Trinajstić information content (AvgIpc) is 3.61. The number of aryl methyl sites for hydroxylation is 1. The quantitative estimate of drug-likeness (QED) is 0.117. The van der Waals surface area contributed by atoms with Gasteiger partial charge < -0.3 is 40.6 Å². The van der Waals surface area contributed by atoms with E-state index in [1.54, 1.807) is 55.5 Å². The summed E-state index contributed by atoms with van der Waals surface area (Å²) in [5.41, 5.74) is 4.18. The topological polar surface area (TPSA) is 229 Å². The Bertz CT molecular complexity index is 2080. The molecular formula is C43H49N5O11. The lowest BCUT2D eigenvalue weighted by atomic mass is 9.89. The van der Waals surface area contributed by atoms with Crippen molar-refractivity contribution in [3.63, 3.8) is 0 Å². The van der Waals surface area contributed by atoms with Crippen molar-refractivity contribution in [1.29, 1.82) is 0 Å². The number of ether oxygens (including phenoxy) is 1. The van der Waals surface area contributed by atoms with Gasteiger partial charge in [0, 0.05) is 32.0 Å². The van der Waals surface area contributed by atoms with Crippen LogP contribution < -0.4 is 20.9 Å². The van der Waals surface area contributed by atoms with Crippen molar-refractivity contribution in [2.75, 3.05) is 11.4 Å². The maximum absolute atomic E-state index is 14.9. The molecule has 0 radical (unpaired) electrons. The van der Waals surface area contributed by atoms with Crippen molar-refractivity contribution in [2.45, 2.75) is 102 Å². The van der Waals surface area contributed by atoms with Gasteiger partial charge in [0.15, 0.2) is 0 Å². The number of nitrogens with zero attached hydrogens (tertiary/aromatic N) is 2. The minimum Gasteiger partial charge on any atom is -0.481 e. The summed E-state index contributed by atoms with van der Waals surface area (Å²) in [6, 6.07) is 14.8. The fourth-order valence-electron chi connectivity index (χ4n) is 7.55. The van der Waals surface area contributed by atoms with Crippen LogP contribution in [0.25, 0.3) is 0 Å². The first-order valence-corrected chi connectivity index (χ1v) is 19.4. The molecule has 5 amide bonds. The lowest BCUT2D eigenvalue weighted by molar-refractivity contribution is -0.148. The highest BCUT2D eigenvalue weighted by Crippen LogP contribution is 2.34. The van der Waals surface area contributed by atoms with E-state index in [2.05, 4.69) is 16.0 Å². The van der Waals surface area contributed by atoms with Gasteiger partial charge in [0.1, 0.15) is 30.5 Å². The van der Waals surface area contributed by atoms with Crippen molar-refractivity contribution in [3.8, 4) is 0 Å². The number of amides is 5. The summed E-state index contributed by atoms with van der Waals surface area (Å²) in [6.07, 6.45) is -1.41. The number of carboxylic acid groups (broad SMARTS) is 2.